The van der Waals surface area contributed by atoms with E-state index in [0.29, 0.717) is 17.8 Å². The summed E-state index contributed by atoms with van der Waals surface area (Å²) >= 11 is 0. The van der Waals surface area contributed by atoms with Crippen LogP contribution >= 0.6 is 0 Å². The van der Waals surface area contributed by atoms with Crippen molar-refractivity contribution < 1.29 is 9.53 Å². The first-order valence-electron chi connectivity index (χ1n) is 12.3. The van der Waals surface area contributed by atoms with Crippen molar-refractivity contribution in [1.82, 2.24) is 15.0 Å². The molecule has 2 saturated carbocycles. The van der Waals surface area contributed by atoms with E-state index < -0.39 is 0 Å². The van der Waals surface area contributed by atoms with Gasteiger partial charge in [-0.3, -0.25) is 4.79 Å². The molecule has 5 heteroatoms. The number of fused-ring (bicyclic) bond motifs is 7. The summed E-state index contributed by atoms with van der Waals surface area (Å²) < 4.78 is 5.59. The van der Waals surface area contributed by atoms with Crippen molar-refractivity contribution in [3.8, 4) is 5.69 Å². The molecule has 2 unspecified atom stereocenters. The molecule has 6 rings (SSSR count). The maximum Gasteiger partial charge on any atom is 0.302 e. The molecule has 0 spiro atoms. The molecule has 0 N–H and O–H groups in total. The van der Waals surface area contributed by atoms with Crippen LogP contribution in [-0.4, -0.2) is 27.1 Å². The van der Waals surface area contributed by atoms with Crippen LogP contribution < -0.4 is 0 Å². The lowest BCUT2D eigenvalue weighted by Gasteiger charge is -2.57. The van der Waals surface area contributed by atoms with Crippen LogP contribution in [0.4, 0.5) is 0 Å². The topological polar surface area (TPSA) is 57.0 Å². The predicted octanol–water partition coefficient (Wildman–Crippen LogP) is 5.18. The Bertz CT molecular complexity index is 1090. The van der Waals surface area contributed by atoms with Gasteiger partial charge in [0.05, 0.1) is 17.1 Å². The van der Waals surface area contributed by atoms with Crippen LogP contribution in [0.3, 0.4) is 0 Å². The van der Waals surface area contributed by atoms with Gasteiger partial charge in [-0.05, 0) is 73.8 Å². The number of carbonyl (C=O) groups excluding carboxylic acids is 1. The van der Waals surface area contributed by atoms with Gasteiger partial charge in [-0.25, -0.2) is 0 Å². The second kappa shape index (κ2) is 7.03. The standard InChI is InChI=1S/C27H33N3O2/c1-17(31)32-20-11-13-26(2)18(15-20)9-10-21-22(26)12-14-27(3)23(21)16-24-25(27)29-30(28-24)19-7-5-4-6-8-19/h4-9,20-23H,10-16H2,1-3H3/t20-,21?,22?,23-,26-,27-/m0/s1. The number of ether oxygens (including phenoxy) is 1. The number of hydrogen-bond donors (Lipinski definition) is 0. The number of aromatic nitrogens is 3. The molecule has 4 aliphatic carbocycles. The van der Waals surface area contributed by atoms with Crippen molar-refractivity contribution in [2.45, 2.75) is 77.2 Å². The quantitative estimate of drug-likeness (QED) is 0.486. The zero-order valence-electron chi connectivity index (χ0n) is 19.4. The Hall–Kier alpha value is -2.43. The molecular weight excluding hydrogens is 398 g/mol. The van der Waals surface area contributed by atoms with E-state index >= 15 is 0 Å². The van der Waals surface area contributed by atoms with Crippen LogP contribution in [0.5, 0.6) is 0 Å². The summed E-state index contributed by atoms with van der Waals surface area (Å²) in [5, 5.41) is 9.98. The Morgan fingerprint density at radius 3 is 2.59 bits per heavy atom. The van der Waals surface area contributed by atoms with Crippen molar-refractivity contribution in [2.24, 2.45) is 23.2 Å². The summed E-state index contributed by atoms with van der Waals surface area (Å²) in [6, 6.07) is 10.3. The molecule has 1 aromatic heterocycles. The second-order valence-electron chi connectivity index (χ2n) is 11.0. The Balaban J connectivity index is 1.28. The number of nitrogens with zero attached hydrogens (tertiary/aromatic N) is 3. The van der Waals surface area contributed by atoms with Gasteiger partial charge in [0.2, 0.25) is 0 Å². The lowest BCUT2D eigenvalue weighted by atomic mass is 9.48. The maximum atomic E-state index is 11.5. The fourth-order valence-corrected chi connectivity index (χ4v) is 7.76. The van der Waals surface area contributed by atoms with Crippen molar-refractivity contribution in [1.29, 1.82) is 0 Å². The van der Waals surface area contributed by atoms with Gasteiger partial charge in [-0.15, -0.1) is 0 Å². The minimum atomic E-state index is -0.148. The number of benzene rings is 1. The SMILES string of the molecule is CC(=O)O[C@H]1CC[C@@]2(C)C(=CCC3C2CC[C@]2(C)c4nn(-c5ccccc5)nc4C[C@@H]32)C1. The summed E-state index contributed by atoms with van der Waals surface area (Å²) in [5.41, 5.74) is 5.41. The zero-order chi connectivity index (χ0) is 22.1. The molecule has 0 aliphatic heterocycles. The van der Waals surface area contributed by atoms with Gasteiger partial charge < -0.3 is 4.74 Å². The number of allylic oxidation sites excluding steroid dienone is 1. The molecular formula is C27H33N3O2. The van der Waals surface area contributed by atoms with E-state index in [1.165, 1.54) is 31.2 Å². The van der Waals surface area contributed by atoms with E-state index in [1.54, 1.807) is 5.57 Å². The van der Waals surface area contributed by atoms with Gasteiger partial charge >= 0.3 is 5.97 Å². The average molecular weight is 432 g/mol. The Morgan fingerprint density at radius 2 is 1.81 bits per heavy atom. The number of hydrogen-bond acceptors (Lipinski definition) is 4. The zero-order valence-corrected chi connectivity index (χ0v) is 19.4. The third-order valence-electron chi connectivity index (χ3n) is 9.41. The molecule has 0 saturated heterocycles. The van der Waals surface area contributed by atoms with Gasteiger partial charge in [0.1, 0.15) is 6.10 Å². The van der Waals surface area contributed by atoms with Crippen LogP contribution in [0.2, 0.25) is 0 Å². The highest BCUT2D eigenvalue weighted by Gasteiger charge is 2.59. The number of carbonyl (C=O) groups is 1. The van der Waals surface area contributed by atoms with Crippen LogP contribution in [0.25, 0.3) is 5.69 Å². The molecule has 0 bridgehead atoms. The van der Waals surface area contributed by atoms with E-state index in [-0.39, 0.29) is 22.9 Å². The van der Waals surface area contributed by atoms with E-state index in [4.69, 9.17) is 14.9 Å². The van der Waals surface area contributed by atoms with Crippen LogP contribution in [0.1, 0.15) is 70.7 Å². The van der Waals surface area contributed by atoms with Crippen molar-refractivity contribution in [3.05, 3.63) is 53.4 Å². The van der Waals surface area contributed by atoms with Crippen molar-refractivity contribution >= 4 is 5.97 Å². The summed E-state index contributed by atoms with van der Waals surface area (Å²) in [6.45, 7) is 6.47. The predicted molar refractivity (Wildman–Crippen MR) is 122 cm³/mol. The second-order valence-corrected chi connectivity index (χ2v) is 11.0. The number of esters is 1. The Labute approximate surface area is 190 Å². The first kappa shape index (κ1) is 20.2. The molecule has 0 amide bonds. The number of rotatable bonds is 2. The van der Waals surface area contributed by atoms with E-state index in [1.807, 2.05) is 23.0 Å². The third-order valence-corrected chi connectivity index (χ3v) is 9.41. The summed E-state index contributed by atoms with van der Waals surface area (Å²) in [4.78, 5) is 13.3. The lowest BCUT2D eigenvalue weighted by molar-refractivity contribution is -0.148. The summed E-state index contributed by atoms with van der Waals surface area (Å²) in [7, 11) is 0. The molecule has 2 aromatic rings. The lowest BCUT2D eigenvalue weighted by Crippen LogP contribution is -2.51. The summed E-state index contributed by atoms with van der Waals surface area (Å²) in [6.07, 6.45) is 10.3. The molecule has 4 aliphatic rings. The molecule has 2 fully saturated rings. The maximum absolute atomic E-state index is 11.5. The fourth-order valence-electron chi connectivity index (χ4n) is 7.76. The smallest absolute Gasteiger partial charge is 0.302 e. The van der Waals surface area contributed by atoms with Gasteiger partial charge in [0, 0.05) is 18.8 Å². The highest BCUT2D eigenvalue weighted by Crippen LogP contribution is 2.63. The van der Waals surface area contributed by atoms with E-state index in [0.717, 1.165) is 37.8 Å². The van der Waals surface area contributed by atoms with Gasteiger partial charge in [-0.1, -0.05) is 43.7 Å². The van der Waals surface area contributed by atoms with Gasteiger partial charge in [0.15, 0.2) is 0 Å². The molecule has 5 nitrogen and oxygen atoms in total. The molecule has 32 heavy (non-hydrogen) atoms. The highest BCUT2D eigenvalue weighted by molar-refractivity contribution is 5.66. The van der Waals surface area contributed by atoms with Crippen molar-refractivity contribution in [2.75, 3.05) is 0 Å². The minimum absolute atomic E-state index is 0.0655. The molecule has 1 aromatic carbocycles. The van der Waals surface area contributed by atoms with Crippen LogP contribution in [0.15, 0.2) is 42.0 Å². The molecule has 168 valence electrons. The van der Waals surface area contributed by atoms with Crippen molar-refractivity contribution in [3.63, 3.8) is 0 Å². The number of para-hydroxylation sites is 1. The first-order valence-corrected chi connectivity index (χ1v) is 12.3. The summed E-state index contributed by atoms with van der Waals surface area (Å²) in [5.74, 6) is 1.88. The minimum Gasteiger partial charge on any atom is -0.462 e. The largest absolute Gasteiger partial charge is 0.462 e. The van der Waals surface area contributed by atoms with Gasteiger partial charge in [0.25, 0.3) is 0 Å². The van der Waals surface area contributed by atoms with E-state index in [9.17, 15) is 4.79 Å². The Kier molecular flexibility index (Phi) is 4.44. The monoisotopic (exact) mass is 431 g/mol. The first-order chi connectivity index (χ1) is 15.4. The normalized spacial score (nSPS) is 37.5. The Morgan fingerprint density at radius 1 is 1.03 bits per heavy atom. The van der Waals surface area contributed by atoms with Gasteiger partial charge in [-0.2, -0.15) is 15.0 Å². The average Bonchev–Trinajstić information content (AvgIpc) is 3.32. The third kappa shape index (κ3) is 2.85. The molecule has 1 heterocycles. The van der Waals surface area contributed by atoms with Crippen LogP contribution in [0, 0.1) is 23.2 Å². The highest BCUT2D eigenvalue weighted by atomic mass is 16.5. The van der Waals surface area contributed by atoms with Crippen LogP contribution in [-0.2, 0) is 21.4 Å². The molecule has 6 atom stereocenters. The van der Waals surface area contributed by atoms with E-state index in [2.05, 4.69) is 32.1 Å². The molecule has 0 radical (unpaired) electrons. The fraction of sp³-hybridized carbons (Fsp3) is 0.593.